The third-order valence-corrected chi connectivity index (χ3v) is 6.52. The topological polar surface area (TPSA) is 71.0 Å². The number of benzene rings is 2. The molecule has 1 aliphatic rings. The molecule has 0 atom stereocenters. The van der Waals surface area contributed by atoms with Crippen LogP contribution in [0.15, 0.2) is 51.7 Å². The van der Waals surface area contributed by atoms with E-state index in [9.17, 15) is 9.59 Å². The smallest absolute Gasteiger partial charge is 0.275 e. The van der Waals surface area contributed by atoms with Crippen LogP contribution in [0.3, 0.4) is 0 Å². The SMILES string of the molecule is CC(C)Cn1nc(C(=O)N2CCc3[nH]c4c(Br)cccc4c3C2)c2ccccc2c1=O. The summed E-state index contributed by atoms with van der Waals surface area (Å²) in [6, 6.07) is 13.4. The van der Waals surface area contributed by atoms with E-state index in [2.05, 4.69) is 32.1 Å². The number of carbonyl (C=O) groups excluding carboxylic acids is 1. The van der Waals surface area contributed by atoms with Crippen LogP contribution in [-0.2, 0) is 19.5 Å². The molecule has 0 saturated carbocycles. The summed E-state index contributed by atoms with van der Waals surface area (Å²) in [5.74, 6) is 0.111. The Kier molecular flexibility index (Phi) is 4.93. The molecule has 3 heterocycles. The number of para-hydroxylation sites is 1. The number of carbonyl (C=O) groups is 1. The summed E-state index contributed by atoms with van der Waals surface area (Å²) < 4.78 is 2.46. The van der Waals surface area contributed by atoms with Crippen molar-refractivity contribution in [1.29, 1.82) is 0 Å². The quantitative estimate of drug-likeness (QED) is 0.471. The van der Waals surface area contributed by atoms with Crippen LogP contribution in [0.1, 0.15) is 35.6 Å². The number of halogens is 1. The number of aromatic nitrogens is 3. The van der Waals surface area contributed by atoms with E-state index in [1.807, 2.05) is 49.1 Å². The van der Waals surface area contributed by atoms with Crippen molar-refractivity contribution >= 4 is 43.5 Å². The van der Waals surface area contributed by atoms with Crippen molar-refractivity contribution in [3.63, 3.8) is 0 Å². The van der Waals surface area contributed by atoms with E-state index < -0.39 is 0 Å². The van der Waals surface area contributed by atoms with Gasteiger partial charge in [-0.3, -0.25) is 9.59 Å². The van der Waals surface area contributed by atoms with Gasteiger partial charge in [-0.15, -0.1) is 0 Å². The van der Waals surface area contributed by atoms with Gasteiger partial charge in [-0.2, -0.15) is 5.10 Å². The molecule has 0 unspecified atom stereocenters. The predicted octanol–water partition coefficient (Wildman–Crippen LogP) is 4.49. The first kappa shape index (κ1) is 20.0. The van der Waals surface area contributed by atoms with Crippen LogP contribution in [-0.4, -0.2) is 32.1 Å². The van der Waals surface area contributed by atoms with Crippen molar-refractivity contribution < 1.29 is 4.79 Å². The highest BCUT2D eigenvalue weighted by Gasteiger charge is 2.28. The summed E-state index contributed by atoms with van der Waals surface area (Å²) in [7, 11) is 0. The lowest BCUT2D eigenvalue weighted by molar-refractivity contribution is 0.0728. The van der Waals surface area contributed by atoms with Gasteiger partial charge in [-0.25, -0.2) is 4.68 Å². The van der Waals surface area contributed by atoms with Gasteiger partial charge >= 0.3 is 0 Å². The predicted molar refractivity (Wildman–Crippen MR) is 125 cm³/mol. The van der Waals surface area contributed by atoms with E-state index >= 15 is 0 Å². The van der Waals surface area contributed by atoms with Crippen LogP contribution >= 0.6 is 15.9 Å². The van der Waals surface area contributed by atoms with Crippen LogP contribution in [0.4, 0.5) is 0 Å². The lowest BCUT2D eigenvalue weighted by Crippen LogP contribution is -2.38. The minimum atomic E-state index is -0.150. The Morgan fingerprint density at radius 2 is 1.87 bits per heavy atom. The molecule has 6 nitrogen and oxygen atoms in total. The lowest BCUT2D eigenvalue weighted by Gasteiger charge is -2.27. The second-order valence-electron chi connectivity index (χ2n) is 8.50. The molecule has 0 fully saturated rings. The normalized spacial score (nSPS) is 13.9. The van der Waals surface area contributed by atoms with Crippen LogP contribution in [0.5, 0.6) is 0 Å². The zero-order valence-corrected chi connectivity index (χ0v) is 19.1. The molecule has 31 heavy (non-hydrogen) atoms. The number of nitrogens with zero attached hydrogens (tertiary/aromatic N) is 3. The third kappa shape index (κ3) is 3.37. The van der Waals surface area contributed by atoms with Gasteiger partial charge < -0.3 is 9.88 Å². The third-order valence-electron chi connectivity index (χ3n) is 5.86. The summed E-state index contributed by atoms with van der Waals surface area (Å²) in [6.07, 6.45) is 0.756. The van der Waals surface area contributed by atoms with Crippen LogP contribution < -0.4 is 5.56 Å². The molecule has 7 heteroatoms. The Labute approximate surface area is 188 Å². The molecule has 1 aliphatic heterocycles. The van der Waals surface area contributed by atoms with Gasteiger partial charge in [0.25, 0.3) is 11.5 Å². The molecule has 1 N–H and O–H groups in total. The average molecular weight is 479 g/mol. The maximum absolute atomic E-state index is 13.6. The van der Waals surface area contributed by atoms with Crippen molar-refractivity contribution in [1.82, 2.24) is 19.7 Å². The Morgan fingerprint density at radius 1 is 1.13 bits per heavy atom. The summed E-state index contributed by atoms with van der Waals surface area (Å²) in [4.78, 5) is 31.9. The maximum Gasteiger partial charge on any atom is 0.275 e. The van der Waals surface area contributed by atoms with Gasteiger partial charge in [-0.05, 0) is 34.0 Å². The molecule has 1 amide bonds. The fourth-order valence-corrected chi connectivity index (χ4v) is 4.85. The fourth-order valence-electron chi connectivity index (χ4n) is 4.39. The van der Waals surface area contributed by atoms with Crippen LogP contribution in [0, 0.1) is 5.92 Å². The number of nitrogens with one attached hydrogen (secondary N) is 1. The van der Waals surface area contributed by atoms with Gasteiger partial charge in [0.2, 0.25) is 0 Å². The average Bonchev–Trinajstić information content (AvgIpc) is 3.14. The van der Waals surface area contributed by atoms with Crippen molar-refractivity contribution in [2.75, 3.05) is 6.54 Å². The molecule has 2 aromatic carbocycles. The van der Waals surface area contributed by atoms with Gasteiger partial charge in [0.15, 0.2) is 5.69 Å². The highest BCUT2D eigenvalue weighted by molar-refractivity contribution is 9.10. The van der Waals surface area contributed by atoms with E-state index in [-0.39, 0.29) is 17.4 Å². The number of aromatic amines is 1. The molecule has 158 valence electrons. The van der Waals surface area contributed by atoms with E-state index in [1.54, 1.807) is 6.07 Å². The molecule has 0 aliphatic carbocycles. The molecule has 0 bridgehead atoms. The first-order valence-corrected chi connectivity index (χ1v) is 11.3. The molecule has 0 saturated heterocycles. The number of hydrogen-bond donors (Lipinski definition) is 1. The van der Waals surface area contributed by atoms with Crippen molar-refractivity contribution in [2.24, 2.45) is 5.92 Å². The van der Waals surface area contributed by atoms with Crippen LogP contribution in [0.25, 0.3) is 21.7 Å². The summed E-state index contributed by atoms with van der Waals surface area (Å²) in [5.41, 5.74) is 3.59. The van der Waals surface area contributed by atoms with Crippen molar-refractivity contribution in [3.8, 4) is 0 Å². The molecule has 5 rings (SSSR count). The molecule has 0 spiro atoms. The number of hydrogen-bond acceptors (Lipinski definition) is 3. The van der Waals surface area contributed by atoms with Gasteiger partial charge in [0, 0.05) is 52.6 Å². The Morgan fingerprint density at radius 3 is 2.65 bits per heavy atom. The van der Waals surface area contributed by atoms with Crippen molar-refractivity contribution in [2.45, 2.75) is 33.4 Å². The van der Waals surface area contributed by atoms with Gasteiger partial charge in [0.05, 0.1) is 10.9 Å². The van der Waals surface area contributed by atoms with E-state index in [4.69, 9.17) is 0 Å². The Balaban J connectivity index is 1.58. The molecular weight excluding hydrogens is 456 g/mol. The monoisotopic (exact) mass is 478 g/mol. The second-order valence-corrected chi connectivity index (χ2v) is 9.35. The number of fused-ring (bicyclic) bond motifs is 4. The maximum atomic E-state index is 13.6. The molecule has 4 aromatic rings. The lowest BCUT2D eigenvalue weighted by atomic mass is 10.0. The van der Waals surface area contributed by atoms with Crippen LogP contribution in [0.2, 0.25) is 0 Å². The molecule has 2 aromatic heterocycles. The zero-order chi connectivity index (χ0) is 21.7. The number of rotatable bonds is 3. The van der Waals surface area contributed by atoms with Gasteiger partial charge in [-0.1, -0.05) is 44.2 Å². The summed E-state index contributed by atoms with van der Waals surface area (Å²) in [6.45, 7) is 5.67. The highest BCUT2D eigenvalue weighted by atomic mass is 79.9. The highest BCUT2D eigenvalue weighted by Crippen LogP contribution is 2.32. The minimum absolute atomic E-state index is 0.135. The Bertz CT molecular complexity index is 1390. The number of amides is 1. The molecular formula is C24H23BrN4O2. The minimum Gasteiger partial charge on any atom is -0.357 e. The van der Waals surface area contributed by atoms with Gasteiger partial charge in [0.1, 0.15) is 0 Å². The van der Waals surface area contributed by atoms with E-state index in [1.165, 1.54) is 10.4 Å². The standard InChI is InChI=1S/C24H23BrN4O2/c1-14(2)12-29-23(30)17-7-4-3-6-15(17)22(27-29)24(31)28-11-10-20-18(13-28)16-8-5-9-19(25)21(16)26-20/h3-9,14,26H,10-13H2,1-2H3. The van der Waals surface area contributed by atoms with E-state index in [0.717, 1.165) is 27.4 Å². The van der Waals surface area contributed by atoms with Crippen molar-refractivity contribution in [3.05, 3.63) is 74.2 Å². The first-order valence-electron chi connectivity index (χ1n) is 10.5. The zero-order valence-electron chi connectivity index (χ0n) is 17.5. The number of H-pyrrole nitrogens is 1. The Hall–Kier alpha value is -2.93. The fraction of sp³-hybridized carbons (Fsp3) is 0.292. The molecule has 0 radical (unpaired) electrons. The second kappa shape index (κ2) is 7.64. The summed E-state index contributed by atoms with van der Waals surface area (Å²) in [5, 5.41) is 6.82. The summed E-state index contributed by atoms with van der Waals surface area (Å²) >= 11 is 3.61. The largest absolute Gasteiger partial charge is 0.357 e. The first-order chi connectivity index (χ1) is 14.9. The van der Waals surface area contributed by atoms with E-state index in [0.29, 0.717) is 36.1 Å².